The van der Waals surface area contributed by atoms with Gasteiger partial charge in [-0.15, -0.1) is 0 Å². The number of nitrogens with one attached hydrogen (secondary N) is 2. The number of carbonyl (C=O) groups excluding carboxylic acids is 2. The second kappa shape index (κ2) is 8.08. The van der Waals surface area contributed by atoms with E-state index in [1.807, 2.05) is 0 Å². The lowest BCUT2D eigenvalue weighted by molar-refractivity contribution is -0.115. The van der Waals surface area contributed by atoms with Gasteiger partial charge in [0.25, 0.3) is 5.91 Å². The van der Waals surface area contributed by atoms with Crippen molar-refractivity contribution in [2.45, 2.75) is 6.61 Å². The zero-order valence-electron chi connectivity index (χ0n) is 13.9. The van der Waals surface area contributed by atoms with Crippen LogP contribution in [0.4, 0.5) is 4.79 Å². The van der Waals surface area contributed by atoms with E-state index in [-0.39, 0.29) is 17.3 Å². The first-order valence-electron chi connectivity index (χ1n) is 7.65. The van der Waals surface area contributed by atoms with Crippen LogP contribution >= 0.6 is 34.8 Å². The molecule has 3 rings (SSSR count). The highest BCUT2D eigenvalue weighted by Crippen LogP contribution is 2.38. The third kappa shape index (κ3) is 4.47. The van der Waals surface area contributed by atoms with E-state index in [2.05, 4.69) is 10.6 Å². The van der Waals surface area contributed by atoms with Crippen molar-refractivity contribution in [3.63, 3.8) is 0 Å². The van der Waals surface area contributed by atoms with Gasteiger partial charge >= 0.3 is 6.03 Å². The molecular formula is C18H13Cl3N2O4. The summed E-state index contributed by atoms with van der Waals surface area (Å²) < 4.78 is 11.1. The third-order valence-electron chi connectivity index (χ3n) is 3.67. The van der Waals surface area contributed by atoms with Gasteiger partial charge in [-0.3, -0.25) is 10.1 Å². The molecule has 2 aromatic carbocycles. The van der Waals surface area contributed by atoms with Crippen molar-refractivity contribution in [1.29, 1.82) is 0 Å². The van der Waals surface area contributed by atoms with E-state index in [9.17, 15) is 9.59 Å². The molecule has 2 N–H and O–H groups in total. The lowest BCUT2D eigenvalue weighted by Gasteiger charge is -2.14. The fourth-order valence-electron chi connectivity index (χ4n) is 2.40. The van der Waals surface area contributed by atoms with Crippen molar-refractivity contribution in [3.05, 3.63) is 62.2 Å². The van der Waals surface area contributed by atoms with Crippen molar-refractivity contribution in [2.75, 3.05) is 7.11 Å². The van der Waals surface area contributed by atoms with Crippen LogP contribution in [0.3, 0.4) is 0 Å². The molecule has 1 fully saturated rings. The molecule has 1 heterocycles. The molecule has 0 atom stereocenters. The Morgan fingerprint density at radius 2 is 1.81 bits per heavy atom. The van der Waals surface area contributed by atoms with Crippen LogP contribution in [-0.2, 0) is 11.4 Å². The van der Waals surface area contributed by atoms with Crippen LogP contribution in [0.2, 0.25) is 15.1 Å². The van der Waals surface area contributed by atoms with Gasteiger partial charge in [0.15, 0.2) is 11.5 Å². The second-order valence-electron chi connectivity index (χ2n) is 5.52. The van der Waals surface area contributed by atoms with Crippen molar-refractivity contribution in [1.82, 2.24) is 10.6 Å². The van der Waals surface area contributed by atoms with Crippen molar-refractivity contribution < 1.29 is 19.1 Å². The number of ether oxygens (including phenoxy) is 2. The Morgan fingerprint density at radius 1 is 1.04 bits per heavy atom. The molecule has 0 radical (unpaired) electrons. The minimum absolute atomic E-state index is 0.111. The van der Waals surface area contributed by atoms with Crippen molar-refractivity contribution >= 4 is 52.8 Å². The number of rotatable bonds is 5. The van der Waals surface area contributed by atoms with Gasteiger partial charge in [0.05, 0.1) is 12.1 Å². The minimum atomic E-state index is -0.580. The van der Waals surface area contributed by atoms with Crippen LogP contribution in [0, 0.1) is 0 Å². The first kappa shape index (κ1) is 19.4. The Morgan fingerprint density at radius 3 is 2.44 bits per heavy atom. The summed E-state index contributed by atoms with van der Waals surface area (Å²) in [4.78, 5) is 22.8. The summed E-state index contributed by atoms with van der Waals surface area (Å²) in [7, 11) is 1.47. The normalized spacial score (nSPS) is 14.9. The lowest BCUT2D eigenvalue weighted by Crippen LogP contribution is -2.22. The molecule has 0 unspecified atom stereocenters. The molecule has 0 saturated carbocycles. The number of methoxy groups -OCH3 is 1. The molecular weight excluding hydrogens is 415 g/mol. The monoisotopic (exact) mass is 426 g/mol. The van der Waals surface area contributed by atoms with Gasteiger partial charge in [0.2, 0.25) is 0 Å². The molecule has 1 aliphatic rings. The van der Waals surface area contributed by atoms with Gasteiger partial charge in [-0.1, -0.05) is 40.9 Å². The Bertz CT molecular complexity index is 960. The number of imide groups is 1. The number of benzene rings is 2. The summed E-state index contributed by atoms with van der Waals surface area (Å²) in [5.74, 6) is 0.171. The number of halogens is 3. The van der Waals surface area contributed by atoms with Gasteiger partial charge in [-0.05, 0) is 35.9 Å². The Balaban J connectivity index is 1.85. The smallest absolute Gasteiger partial charge is 0.326 e. The van der Waals surface area contributed by atoms with Gasteiger partial charge < -0.3 is 14.8 Å². The highest BCUT2D eigenvalue weighted by atomic mass is 35.5. The fourth-order valence-corrected chi connectivity index (χ4v) is 3.14. The van der Waals surface area contributed by atoms with Crippen LogP contribution in [0.25, 0.3) is 6.08 Å². The van der Waals surface area contributed by atoms with Gasteiger partial charge in [-0.2, -0.15) is 0 Å². The van der Waals surface area contributed by atoms with E-state index in [0.717, 1.165) is 5.56 Å². The van der Waals surface area contributed by atoms with E-state index >= 15 is 0 Å². The maximum atomic E-state index is 11.6. The Labute approximate surface area is 170 Å². The molecule has 140 valence electrons. The average molecular weight is 428 g/mol. The molecule has 9 heteroatoms. The van der Waals surface area contributed by atoms with Gasteiger partial charge in [0, 0.05) is 15.6 Å². The van der Waals surface area contributed by atoms with Gasteiger partial charge in [-0.25, -0.2) is 4.79 Å². The summed E-state index contributed by atoms with van der Waals surface area (Å²) in [6.45, 7) is 0.158. The summed E-state index contributed by atoms with van der Waals surface area (Å²) in [5.41, 5.74) is 1.40. The maximum Gasteiger partial charge on any atom is 0.326 e. The molecule has 0 spiro atoms. The second-order valence-corrected chi connectivity index (χ2v) is 6.78. The molecule has 27 heavy (non-hydrogen) atoms. The van der Waals surface area contributed by atoms with Crippen LogP contribution in [-0.4, -0.2) is 19.0 Å². The van der Waals surface area contributed by atoms with E-state index in [1.165, 1.54) is 13.2 Å². The van der Waals surface area contributed by atoms with E-state index in [0.29, 0.717) is 27.1 Å². The third-order valence-corrected chi connectivity index (χ3v) is 4.54. The molecule has 0 aliphatic carbocycles. The quantitative estimate of drug-likeness (QED) is 0.547. The van der Waals surface area contributed by atoms with Crippen molar-refractivity contribution in [3.8, 4) is 11.5 Å². The first-order valence-corrected chi connectivity index (χ1v) is 8.79. The van der Waals surface area contributed by atoms with E-state index in [1.54, 1.807) is 30.3 Å². The predicted molar refractivity (Wildman–Crippen MR) is 103 cm³/mol. The largest absolute Gasteiger partial charge is 0.493 e. The molecule has 1 saturated heterocycles. The van der Waals surface area contributed by atoms with Crippen LogP contribution in [0.15, 0.2) is 36.0 Å². The summed E-state index contributed by atoms with van der Waals surface area (Å²) in [6, 6.07) is 7.73. The molecule has 2 aromatic rings. The zero-order valence-corrected chi connectivity index (χ0v) is 16.2. The SMILES string of the molecule is COc1cc(C=C2NC(=O)NC2=O)cc(Cl)c1OCc1ccc(Cl)cc1Cl. The molecule has 1 aliphatic heterocycles. The first-order chi connectivity index (χ1) is 12.9. The number of hydrogen-bond donors (Lipinski definition) is 2. The van der Waals surface area contributed by atoms with Gasteiger partial charge in [0.1, 0.15) is 12.3 Å². The molecule has 0 bridgehead atoms. The summed E-state index contributed by atoms with van der Waals surface area (Å²) in [5, 5.41) is 5.80. The summed E-state index contributed by atoms with van der Waals surface area (Å²) in [6.07, 6.45) is 1.48. The van der Waals surface area contributed by atoms with E-state index in [4.69, 9.17) is 44.3 Å². The zero-order chi connectivity index (χ0) is 19.6. The number of urea groups is 1. The highest BCUT2D eigenvalue weighted by Gasteiger charge is 2.23. The Hall–Kier alpha value is -2.41. The number of hydrogen-bond acceptors (Lipinski definition) is 4. The average Bonchev–Trinajstić information content (AvgIpc) is 2.92. The Kier molecular flexibility index (Phi) is 5.79. The van der Waals surface area contributed by atoms with Crippen LogP contribution in [0.1, 0.15) is 11.1 Å². The van der Waals surface area contributed by atoms with Crippen molar-refractivity contribution in [2.24, 2.45) is 0 Å². The topological polar surface area (TPSA) is 76.7 Å². The predicted octanol–water partition coefficient (Wildman–Crippen LogP) is 4.41. The fraction of sp³-hybridized carbons (Fsp3) is 0.111. The number of carbonyl (C=O) groups is 2. The molecule has 0 aromatic heterocycles. The molecule has 6 nitrogen and oxygen atoms in total. The molecule has 3 amide bonds. The minimum Gasteiger partial charge on any atom is -0.493 e. The van der Waals surface area contributed by atoms with Crippen LogP contribution in [0.5, 0.6) is 11.5 Å². The standard InChI is InChI=1S/C18H13Cl3N2O4/c1-26-15-6-9(5-14-17(24)23-18(25)22-14)4-13(21)16(15)27-8-10-2-3-11(19)7-12(10)20/h2-7H,8H2,1H3,(H2,22,23,24,25). The summed E-state index contributed by atoms with van der Waals surface area (Å²) >= 11 is 18.4. The lowest BCUT2D eigenvalue weighted by atomic mass is 10.1. The maximum absolute atomic E-state index is 11.6. The number of amides is 3. The van der Waals surface area contributed by atoms with E-state index < -0.39 is 11.9 Å². The highest BCUT2D eigenvalue weighted by molar-refractivity contribution is 6.35. The van der Waals surface area contributed by atoms with Crippen LogP contribution < -0.4 is 20.1 Å².